The summed E-state index contributed by atoms with van der Waals surface area (Å²) in [4.78, 5) is 0. The average molecular weight is 210 g/mol. The van der Waals surface area contributed by atoms with Gasteiger partial charge in [-0.25, -0.2) is 0 Å². The Kier molecular flexibility index (Phi) is 1.91. The van der Waals surface area contributed by atoms with Gasteiger partial charge in [-0.1, -0.05) is 0 Å². The Labute approximate surface area is 90.1 Å². The van der Waals surface area contributed by atoms with Crippen LogP contribution in [0.2, 0.25) is 0 Å². The molecule has 0 saturated carbocycles. The minimum atomic E-state index is 0.372. The number of fused-ring (bicyclic) bond motifs is 4. The Morgan fingerprint density at radius 1 is 0.733 bits per heavy atom. The molecule has 4 bridgehead atoms. The normalized spacial score (nSPS) is 56.8. The first kappa shape index (κ1) is 8.97. The van der Waals surface area contributed by atoms with E-state index >= 15 is 0 Å². The number of rotatable bonds is 2. The van der Waals surface area contributed by atoms with Crippen molar-refractivity contribution in [1.82, 2.24) is 0 Å². The van der Waals surface area contributed by atoms with Crippen LogP contribution >= 0.6 is 0 Å². The molecule has 84 valence electrons. The molecule has 0 aromatic heterocycles. The van der Waals surface area contributed by atoms with E-state index in [9.17, 15) is 0 Å². The van der Waals surface area contributed by atoms with Crippen molar-refractivity contribution in [3.63, 3.8) is 0 Å². The Balaban J connectivity index is 1.40. The topological polar surface area (TPSA) is 27.7 Å². The van der Waals surface area contributed by atoms with Crippen LogP contribution in [0.25, 0.3) is 0 Å². The summed E-state index contributed by atoms with van der Waals surface area (Å²) >= 11 is 0. The van der Waals surface area contributed by atoms with Gasteiger partial charge in [0.1, 0.15) is 0 Å². The molecule has 0 aromatic rings. The molecule has 4 rings (SSSR count). The van der Waals surface area contributed by atoms with Crippen molar-refractivity contribution in [2.45, 2.75) is 75.1 Å². The zero-order chi connectivity index (χ0) is 9.83. The first-order chi connectivity index (χ1) is 7.38. The van der Waals surface area contributed by atoms with Gasteiger partial charge in [0.25, 0.3) is 0 Å². The highest BCUT2D eigenvalue weighted by molar-refractivity contribution is 4.95. The van der Waals surface area contributed by atoms with E-state index in [1.807, 2.05) is 0 Å². The van der Waals surface area contributed by atoms with E-state index in [1.165, 1.54) is 25.7 Å². The Morgan fingerprint density at radius 2 is 1.27 bits per heavy atom. The molecule has 4 saturated heterocycles. The SMILES string of the molecule is C1CC2OC1CC2OC1CC2CCC1O2. The van der Waals surface area contributed by atoms with Gasteiger partial charge in [0.2, 0.25) is 0 Å². The van der Waals surface area contributed by atoms with Crippen LogP contribution in [0.1, 0.15) is 38.5 Å². The van der Waals surface area contributed by atoms with Crippen LogP contribution in [-0.2, 0) is 14.2 Å². The molecule has 3 nitrogen and oxygen atoms in total. The lowest BCUT2D eigenvalue weighted by molar-refractivity contribution is -0.0701. The molecule has 4 aliphatic rings. The molecular weight excluding hydrogens is 192 g/mol. The third-order valence-corrected chi connectivity index (χ3v) is 4.45. The summed E-state index contributed by atoms with van der Waals surface area (Å²) in [6.45, 7) is 0. The molecule has 0 radical (unpaired) electrons. The Bertz CT molecular complexity index is 242. The highest BCUT2D eigenvalue weighted by Gasteiger charge is 2.47. The molecule has 6 atom stereocenters. The van der Waals surface area contributed by atoms with Gasteiger partial charge in [0.05, 0.1) is 36.6 Å². The molecule has 0 aliphatic carbocycles. The van der Waals surface area contributed by atoms with Crippen molar-refractivity contribution in [2.75, 3.05) is 0 Å². The predicted molar refractivity (Wildman–Crippen MR) is 53.7 cm³/mol. The maximum atomic E-state index is 6.19. The average Bonchev–Trinajstić information content (AvgIpc) is 2.96. The van der Waals surface area contributed by atoms with Crippen molar-refractivity contribution >= 4 is 0 Å². The molecule has 4 fully saturated rings. The van der Waals surface area contributed by atoms with E-state index in [0.29, 0.717) is 36.6 Å². The van der Waals surface area contributed by atoms with Gasteiger partial charge in [-0.15, -0.1) is 0 Å². The third kappa shape index (κ3) is 1.37. The quantitative estimate of drug-likeness (QED) is 0.693. The molecular formula is C12H18O3. The van der Waals surface area contributed by atoms with Gasteiger partial charge in [0, 0.05) is 12.8 Å². The Hall–Kier alpha value is -0.120. The fourth-order valence-electron chi connectivity index (χ4n) is 3.69. The second-order valence-electron chi connectivity index (χ2n) is 5.43. The van der Waals surface area contributed by atoms with Crippen LogP contribution in [0.3, 0.4) is 0 Å². The van der Waals surface area contributed by atoms with Gasteiger partial charge < -0.3 is 14.2 Å². The molecule has 15 heavy (non-hydrogen) atoms. The minimum absolute atomic E-state index is 0.372. The second kappa shape index (κ2) is 3.19. The smallest absolute Gasteiger partial charge is 0.0866 e. The number of hydrogen-bond donors (Lipinski definition) is 0. The highest BCUT2D eigenvalue weighted by atomic mass is 16.6. The van der Waals surface area contributed by atoms with E-state index in [4.69, 9.17) is 14.2 Å². The summed E-state index contributed by atoms with van der Waals surface area (Å²) in [5.41, 5.74) is 0. The first-order valence-corrected chi connectivity index (χ1v) is 6.35. The van der Waals surface area contributed by atoms with Gasteiger partial charge >= 0.3 is 0 Å². The first-order valence-electron chi connectivity index (χ1n) is 6.35. The maximum Gasteiger partial charge on any atom is 0.0866 e. The van der Waals surface area contributed by atoms with E-state index in [-0.39, 0.29) is 0 Å². The van der Waals surface area contributed by atoms with Crippen LogP contribution < -0.4 is 0 Å². The summed E-state index contributed by atoms with van der Waals surface area (Å²) in [5, 5.41) is 0. The summed E-state index contributed by atoms with van der Waals surface area (Å²) < 4.78 is 17.8. The van der Waals surface area contributed by atoms with Crippen LogP contribution in [0.15, 0.2) is 0 Å². The largest absolute Gasteiger partial charge is 0.372 e. The zero-order valence-electron chi connectivity index (χ0n) is 8.93. The zero-order valence-corrected chi connectivity index (χ0v) is 8.93. The minimum Gasteiger partial charge on any atom is -0.372 e. The molecule has 0 N–H and O–H groups in total. The molecule has 3 heteroatoms. The van der Waals surface area contributed by atoms with Crippen LogP contribution in [0.4, 0.5) is 0 Å². The molecule has 4 heterocycles. The van der Waals surface area contributed by atoms with Crippen molar-refractivity contribution in [2.24, 2.45) is 0 Å². The van der Waals surface area contributed by atoms with Gasteiger partial charge in [-0.2, -0.15) is 0 Å². The van der Waals surface area contributed by atoms with Gasteiger partial charge in [-0.3, -0.25) is 0 Å². The maximum absolute atomic E-state index is 6.19. The molecule has 0 spiro atoms. The van der Waals surface area contributed by atoms with Crippen LogP contribution in [-0.4, -0.2) is 36.6 Å². The van der Waals surface area contributed by atoms with E-state index in [2.05, 4.69) is 0 Å². The van der Waals surface area contributed by atoms with E-state index in [1.54, 1.807) is 0 Å². The summed E-state index contributed by atoms with van der Waals surface area (Å²) in [5.74, 6) is 0. The van der Waals surface area contributed by atoms with Crippen LogP contribution in [0, 0.1) is 0 Å². The summed E-state index contributed by atoms with van der Waals surface area (Å²) in [7, 11) is 0. The number of ether oxygens (including phenoxy) is 3. The van der Waals surface area contributed by atoms with E-state index < -0.39 is 0 Å². The fraction of sp³-hybridized carbons (Fsp3) is 1.00. The molecule has 6 unspecified atom stereocenters. The lowest BCUT2D eigenvalue weighted by Gasteiger charge is -2.26. The summed E-state index contributed by atoms with van der Waals surface area (Å²) in [6.07, 6.45) is 9.69. The molecule has 4 aliphatic heterocycles. The molecule has 0 amide bonds. The second-order valence-corrected chi connectivity index (χ2v) is 5.43. The summed E-state index contributed by atoms with van der Waals surface area (Å²) in [6, 6.07) is 0. The fourth-order valence-corrected chi connectivity index (χ4v) is 3.69. The van der Waals surface area contributed by atoms with Gasteiger partial charge in [0.15, 0.2) is 0 Å². The van der Waals surface area contributed by atoms with Crippen molar-refractivity contribution in [3.8, 4) is 0 Å². The van der Waals surface area contributed by atoms with Crippen LogP contribution in [0.5, 0.6) is 0 Å². The molecule has 0 aromatic carbocycles. The lowest BCUT2D eigenvalue weighted by atomic mass is 9.95. The predicted octanol–water partition coefficient (Wildman–Crippen LogP) is 1.64. The Morgan fingerprint density at radius 3 is 1.60 bits per heavy atom. The van der Waals surface area contributed by atoms with Crippen molar-refractivity contribution in [3.05, 3.63) is 0 Å². The monoisotopic (exact) mass is 210 g/mol. The van der Waals surface area contributed by atoms with Gasteiger partial charge in [-0.05, 0) is 25.7 Å². The highest BCUT2D eigenvalue weighted by Crippen LogP contribution is 2.41. The van der Waals surface area contributed by atoms with Crippen molar-refractivity contribution in [1.29, 1.82) is 0 Å². The third-order valence-electron chi connectivity index (χ3n) is 4.45. The van der Waals surface area contributed by atoms with E-state index in [0.717, 1.165) is 12.8 Å². The lowest BCUT2D eigenvalue weighted by Crippen LogP contribution is -2.35. The van der Waals surface area contributed by atoms with Crippen molar-refractivity contribution < 1.29 is 14.2 Å². The number of hydrogen-bond acceptors (Lipinski definition) is 3. The standard InChI is InChI=1S/C12H18O3/c1-3-9-11(5-7(1)13-9)15-12-6-8-2-4-10(12)14-8/h7-12H,1-6H2.